The Balaban J connectivity index is 1.39. The molecule has 1 unspecified atom stereocenters. The van der Waals surface area contributed by atoms with E-state index < -0.39 is 23.5 Å². The maximum atomic E-state index is 14.1. The van der Waals surface area contributed by atoms with Crippen LogP contribution in [0.3, 0.4) is 0 Å². The van der Waals surface area contributed by atoms with Crippen molar-refractivity contribution in [2.24, 2.45) is 0 Å². The SMILES string of the molecule is COc1cccc(C2C(C(=O)c3cc4cccc(OC)c4o3)=C(O)C(=O)N2c2nnc(SCc3ccccc3F)s2)c1. The molecule has 0 aliphatic carbocycles. The predicted octanol–water partition coefficient (Wildman–Crippen LogP) is 6.52. The maximum absolute atomic E-state index is 14.1. The number of amides is 1. The van der Waals surface area contributed by atoms with E-state index in [1.165, 1.54) is 36.9 Å². The highest BCUT2D eigenvalue weighted by Gasteiger charge is 2.47. The zero-order chi connectivity index (χ0) is 29.4. The number of para-hydroxylation sites is 1. The van der Waals surface area contributed by atoms with Gasteiger partial charge >= 0.3 is 0 Å². The molecule has 1 amide bonds. The van der Waals surface area contributed by atoms with Crippen molar-refractivity contribution < 1.29 is 33.0 Å². The standard InChI is InChI=1S/C30H22FN3O6S2/c1-38-19-10-5-8-16(13-19)24-23(25(35)22-14-17-9-6-12-21(39-2)27(17)40-22)26(36)28(37)34(24)29-32-33-30(42-29)41-15-18-7-3-4-11-20(18)31/h3-14,24,36H,15H2,1-2H3. The Hall–Kier alpha value is -4.68. The smallest absolute Gasteiger partial charge is 0.296 e. The molecule has 0 bridgehead atoms. The maximum Gasteiger partial charge on any atom is 0.296 e. The largest absolute Gasteiger partial charge is 0.503 e. The van der Waals surface area contributed by atoms with E-state index in [9.17, 15) is 19.1 Å². The van der Waals surface area contributed by atoms with Crippen molar-refractivity contribution in [1.82, 2.24) is 10.2 Å². The number of fused-ring (bicyclic) bond motifs is 1. The lowest BCUT2D eigenvalue weighted by Gasteiger charge is -2.24. The van der Waals surface area contributed by atoms with Gasteiger partial charge in [0.1, 0.15) is 11.6 Å². The zero-order valence-corrected chi connectivity index (χ0v) is 23.9. The Labute approximate surface area is 247 Å². The molecule has 6 rings (SSSR count). The molecule has 1 aliphatic rings. The molecule has 0 radical (unpaired) electrons. The highest BCUT2D eigenvalue weighted by molar-refractivity contribution is 8.00. The van der Waals surface area contributed by atoms with Crippen LogP contribution in [0, 0.1) is 5.82 Å². The first-order valence-corrected chi connectivity index (χ1v) is 14.4. The van der Waals surface area contributed by atoms with Gasteiger partial charge in [0.05, 0.1) is 25.8 Å². The minimum absolute atomic E-state index is 0.0722. The van der Waals surface area contributed by atoms with Crippen LogP contribution in [-0.4, -0.2) is 41.2 Å². The van der Waals surface area contributed by atoms with Crippen molar-refractivity contribution in [2.45, 2.75) is 16.1 Å². The van der Waals surface area contributed by atoms with Crippen LogP contribution in [0.5, 0.6) is 11.5 Å². The van der Waals surface area contributed by atoms with E-state index in [4.69, 9.17) is 13.9 Å². The summed E-state index contributed by atoms with van der Waals surface area (Å²) in [5.74, 6) is -1.39. The highest BCUT2D eigenvalue weighted by atomic mass is 32.2. The summed E-state index contributed by atoms with van der Waals surface area (Å²) in [4.78, 5) is 28.7. The summed E-state index contributed by atoms with van der Waals surface area (Å²) in [7, 11) is 2.99. The fourth-order valence-electron chi connectivity index (χ4n) is 4.72. The lowest BCUT2D eigenvalue weighted by atomic mass is 9.95. The van der Waals surface area contributed by atoms with Gasteiger partial charge < -0.3 is 19.0 Å². The number of halogens is 1. The van der Waals surface area contributed by atoms with E-state index in [1.54, 1.807) is 66.7 Å². The molecule has 0 fully saturated rings. The van der Waals surface area contributed by atoms with E-state index in [2.05, 4.69) is 10.2 Å². The number of methoxy groups -OCH3 is 2. The molecule has 3 aromatic carbocycles. The number of ketones is 1. The normalized spacial score (nSPS) is 15.1. The van der Waals surface area contributed by atoms with Gasteiger partial charge in [0.15, 0.2) is 27.2 Å². The molecule has 2 aromatic heterocycles. The highest BCUT2D eigenvalue weighted by Crippen LogP contribution is 2.45. The molecule has 1 aliphatic heterocycles. The van der Waals surface area contributed by atoms with Crippen molar-refractivity contribution in [3.8, 4) is 11.5 Å². The molecule has 212 valence electrons. The number of aliphatic hydroxyl groups is 1. The van der Waals surface area contributed by atoms with Crippen LogP contribution >= 0.6 is 23.1 Å². The summed E-state index contributed by atoms with van der Waals surface area (Å²) in [5, 5.41) is 20.3. The Morgan fingerprint density at radius 1 is 1.07 bits per heavy atom. The monoisotopic (exact) mass is 603 g/mol. The lowest BCUT2D eigenvalue weighted by molar-refractivity contribution is -0.117. The van der Waals surface area contributed by atoms with Gasteiger partial charge in [-0.15, -0.1) is 10.2 Å². The number of rotatable bonds is 9. The van der Waals surface area contributed by atoms with Gasteiger partial charge in [-0.3, -0.25) is 14.5 Å². The number of carbonyl (C=O) groups is 2. The molecule has 1 atom stereocenters. The molecule has 0 saturated heterocycles. The third kappa shape index (κ3) is 4.88. The lowest BCUT2D eigenvalue weighted by Crippen LogP contribution is -2.31. The third-order valence-corrected chi connectivity index (χ3v) is 8.83. The number of furan rings is 1. The molecule has 0 spiro atoms. The summed E-state index contributed by atoms with van der Waals surface area (Å²) in [5.41, 5.74) is 1.19. The summed E-state index contributed by atoms with van der Waals surface area (Å²) in [6.45, 7) is 0. The Morgan fingerprint density at radius 3 is 2.67 bits per heavy atom. The number of benzene rings is 3. The first-order valence-electron chi connectivity index (χ1n) is 12.6. The summed E-state index contributed by atoms with van der Waals surface area (Å²) in [6, 6.07) is 19.0. The third-order valence-electron chi connectivity index (χ3n) is 6.72. The molecular formula is C30H22FN3O6S2. The molecule has 12 heteroatoms. The number of Topliss-reactive ketones (excluding diaryl/α,β-unsaturated/α-hetero) is 1. The van der Waals surface area contributed by atoms with Crippen LogP contribution in [0.2, 0.25) is 0 Å². The van der Waals surface area contributed by atoms with Crippen molar-refractivity contribution in [1.29, 1.82) is 0 Å². The topological polar surface area (TPSA) is 115 Å². The fourth-order valence-corrected chi connectivity index (χ4v) is 6.57. The van der Waals surface area contributed by atoms with Gasteiger partial charge in [-0.2, -0.15) is 0 Å². The zero-order valence-electron chi connectivity index (χ0n) is 22.2. The van der Waals surface area contributed by atoms with Gasteiger partial charge in [-0.25, -0.2) is 4.39 Å². The molecule has 0 saturated carbocycles. The molecule has 1 N–H and O–H groups in total. The number of nitrogens with zero attached hydrogens (tertiary/aromatic N) is 3. The quantitative estimate of drug-likeness (QED) is 0.114. The van der Waals surface area contributed by atoms with Gasteiger partial charge in [-0.1, -0.05) is 65.6 Å². The average Bonchev–Trinajstić information content (AvgIpc) is 3.73. The number of carbonyl (C=O) groups excluding carboxylic acids is 2. The Morgan fingerprint density at radius 2 is 1.88 bits per heavy atom. The Kier molecular flexibility index (Phi) is 7.40. The number of anilines is 1. The van der Waals surface area contributed by atoms with Crippen LogP contribution in [-0.2, 0) is 10.5 Å². The molecule has 5 aromatic rings. The molecule has 42 heavy (non-hydrogen) atoms. The summed E-state index contributed by atoms with van der Waals surface area (Å²) >= 11 is 2.35. The van der Waals surface area contributed by atoms with Crippen LogP contribution in [0.4, 0.5) is 9.52 Å². The number of ether oxygens (including phenoxy) is 2. The van der Waals surface area contributed by atoms with E-state index in [0.29, 0.717) is 43.7 Å². The predicted molar refractivity (Wildman–Crippen MR) is 156 cm³/mol. The fraction of sp³-hybridized carbons (Fsp3) is 0.133. The van der Waals surface area contributed by atoms with Gasteiger partial charge in [0, 0.05) is 11.1 Å². The summed E-state index contributed by atoms with van der Waals surface area (Å²) in [6.07, 6.45) is 0. The van der Waals surface area contributed by atoms with Crippen LogP contribution in [0.1, 0.15) is 27.7 Å². The first-order chi connectivity index (χ1) is 20.4. The molecule has 9 nitrogen and oxygen atoms in total. The molecule has 3 heterocycles. The van der Waals surface area contributed by atoms with Gasteiger partial charge in [0.2, 0.25) is 10.9 Å². The van der Waals surface area contributed by atoms with Gasteiger partial charge in [-0.05, 0) is 41.5 Å². The second-order valence-electron chi connectivity index (χ2n) is 9.17. The van der Waals surface area contributed by atoms with Crippen molar-refractivity contribution in [3.63, 3.8) is 0 Å². The second-order valence-corrected chi connectivity index (χ2v) is 11.3. The number of aromatic nitrogens is 2. The second kappa shape index (κ2) is 11.3. The average molecular weight is 604 g/mol. The van der Waals surface area contributed by atoms with E-state index >= 15 is 0 Å². The van der Waals surface area contributed by atoms with Crippen LogP contribution in [0.15, 0.2) is 92.9 Å². The number of hydrogen-bond donors (Lipinski definition) is 1. The number of thioether (sulfide) groups is 1. The van der Waals surface area contributed by atoms with Crippen LogP contribution in [0.25, 0.3) is 11.0 Å². The minimum atomic E-state index is -1.06. The van der Waals surface area contributed by atoms with Gasteiger partial charge in [0.25, 0.3) is 5.91 Å². The Bertz CT molecular complexity index is 1870. The number of aliphatic hydroxyl groups excluding tert-OH is 1. The van der Waals surface area contributed by atoms with Crippen molar-refractivity contribution >= 4 is 50.9 Å². The summed E-state index contributed by atoms with van der Waals surface area (Å²) < 4.78 is 31.2. The molecular weight excluding hydrogens is 581 g/mol. The van der Waals surface area contributed by atoms with E-state index in [-0.39, 0.29) is 22.3 Å². The van der Waals surface area contributed by atoms with Crippen LogP contribution < -0.4 is 14.4 Å². The minimum Gasteiger partial charge on any atom is -0.503 e. The number of hydrogen-bond acceptors (Lipinski definition) is 10. The van der Waals surface area contributed by atoms with E-state index in [0.717, 1.165) is 11.3 Å². The first kappa shape index (κ1) is 27.5. The van der Waals surface area contributed by atoms with Crippen molar-refractivity contribution in [2.75, 3.05) is 19.1 Å². The van der Waals surface area contributed by atoms with E-state index in [1.807, 2.05) is 0 Å². The van der Waals surface area contributed by atoms with Crippen molar-refractivity contribution in [3.05, 3.63) is 107 Å².